The second kappa shape index (κ2) is 9.95. The summed E-state index contributed by atoms with van der Waals surface area (Å²) in [7, 11) is 0. The number of hydrogen-bond acceptors (Lipinski definition) is 3. The summed E-state index contributed by atoms with van der Waals surface area (Å²) in [5.74, 6) is 0.0239. The van der Waals surface area contributed by atoms with Gasteiger partial charge in [0.2, 0.25) is 0 Å². The number of halogens is 2. The van der Waals surface area contributed by atoms with Gasteiger partial charge in [-0.15, -0.1) is 24.8 Å². The molecule has 7 heteroatoms. The lowest BCUT2D eigenvalue weighted by Crippen LogP contribution is -2.40. The molecule has 26 heavy (non-hydrogen) atoms. The second-order valence-corrected chi connectivity index (χ2v) is 6.78. The fourth-order valence-corrected chi connectivity index (χ4v) is 3.45. The molecule has 1 aliphatic carbocycles. The Bertz CT molecular complexity index is 710. The maximum atomic E-state index is 12.7. The van der Waals surface area contributed by atoms with E-state index < -0.39 is 0 Å². The van der Waals surface area contributed by atoms with Gasteiger partial charge >= 0.3 is 0 Å². The molecule has 3 N–H and O–H groups in total. The van der Waals surface area contributed by atoms with Crippen LogP contribution < -0.4 is 11.1 Å². The first kappa shape index (κ1) is 22.5. The van der Waals surface area contributed by atoms with Crippen LogP contribution >= 0.6 is 24.8 Å². The van der Waals surface area contributed by atoms with E-state index in [9.17, 15) is 4.79 Å². The number of rotatable bonds is 4. The summed E-state index contributed by atoms with van der Waals surface area (Å²) in [6.45, 7) is 4.72. The summed E-state index contributed by atoms with van der Waals surface area (Å²) in [6.07, 6.45) is 5.72. The Morgan fingerprint density at radius 3 is 2.54 bits per heavy atom. The van der Waals surface area contributed by atoms with E-state index in [0.29, 0.717) is 12.6 Å². The first-order valence-electron chi connectivity index (χ1n) is 8.67. The third-order valence-electron chi connectivity index (χ3n) is 4.97. The number of nitrogens with one attached hydrogen (secondary N) is 1. The lowest BCUT2D eigenvalue weighted by Gasteiger charge is -2.26. The van der Waals surface area contributed by atoms with E-state index in [1.807, 2.05) is 38.1 Å². The first-order valence-corrected chi connectivity index (χ1v) is 8.67. The van der Waals surface area contributed by atoms with E-state index in [4.69, 9.17) is 5.73 Å². The number of amides is 1. The molecular formula is C19H28Cl2N4O. The molecule has 2 aromatic rings. The monoisotopic (exact) mass is 398 g/mol. The molecule has 0 atom stereocenters. The van der Waals surface area contributed by atoms with Crippen molar-refractivity contribution in [3.63, 3.8) is 0 Å². The number of hydrogen-bond donors (Lipinski definition) is 2. The summed E-state index contributed by atoms with van der Waals surface area (Å²) in [5.41, 5.74) is 9.76. The van der Waals surface area contributed by atoms with Gasteiger partial charge in [0.05, 0.1) is 17.8 Å². The molecule has 1 aliphatic rings. The average molecular weight is 399 g/mol. The van der Waals surface area contributed by atoms with Gasteiger partial charge in [-0.2, -0.15) is 0 Å². The van der Waals surface area contributed by atoms with Crippen LogP contribution in [0.1, 0.15) is 53.1 Å². The topological polar surface area (TPSA) is 72.9 Å². The fraction of sp³-hybridized carbons (Fsp3) is 0.474. The SMILES string of the molecule is Cc1cc(C(=O)NC2CCC(N)CC2)c(C)n1Cc1ccccn1.Cl.Cl. The minimum Gasteiger partial charge on any atom is -0.349 e. The quantitative estimate of drug-likeness (QED) is 0.828. The van der Waals surface area contributed by atoms with Crippen molar-refractivity contribution >= 4 is 30.7 Å². The van der Waals surface area contributed by atoms with E-state index in [1.165, 1.54) is 0 Å². The van der Waals surface area contributed by atoms with Gasteiger partial charge in [0, 0.05) is 29.7 Å². The van der Waals surface area contributed by atoms with Gasteiger partial charge in [-0.1, -0.05) is 6.07 Å². The highest BCUT2D eigenvalue weighted by Gasteiger charge is 2.22. The minimum absolute atomic E-state index is 0. The Morgan fingerprint density at radius 2 is 1.92 bits per heavy atom. The van der Waals surface area contributed by atoms with Crippen molar-refractivity contribution in [3.05, 3.63) is 53.1 Å². The van der Waals surface area contributed by atoms with E-state index in [-0.39, 0.29) is 36.8 Å². The summed E-state index contributed by atoms with van der Waals surface area (Å²) in [5, 5.41) is 3.18. The fourth-order valence-electron chi connectivity index (χ4n) is 3.45. The first-order chi connectivity index (χ1) is 11.5. The molecule has 2 aromatic heterocycles. The normalized spacial score (nSPS) is 19.2. The van der Waals surface area contributed by atoms with Gasteiger partial charge in [-0.25, -0.2) is 0 Å². The van der Waals surface area contributed by atoms with Gasteiger partial charge in [0.25, 0.3) is 5.91 Å². The smallest absolute Gasteiger partial charge is 0.253 e. The average Bonchev–Trinajstić information content (AvgIpc) is 2.86. The standard InChI is InChI=1S/C19H26N4O.2ClH/c1-13-11-18(19(24)22-16-8-6-15(20)7-9-16)14(2)23(13)12-17-5-3-4-10-21-17;;/h3-5,10-11,15-16H,6-9,12,20H2,1-2H3,(H,22,24);2*1H. The molecule has 1 fully saturated rings. The molecule has 0 aromatic carbocycles. The van der Waals surface area contributed by atoms with Crippen LogP contribution in [0.15, 0.2) is 30.5 Å². The molecule has 3 rings (SSSR count). The highest BCUT2D eigenvalue weighted by molar-refractivity contribution is 5.95. The summed E-state index contributed by atoms with van der Waals surface area (Å²) < 4.78 is 2.15. The maximum Gasteiger partial charge on any atom is 0.253 e. The van der Waals surface area contributed by atoms with Crippen LogP contribution in [0.4, 0.5) is 0 Å². The largest absolute Gasteiger partial charge is 0.349 e. The number of pyridine rings is 1. The van der Waals surface area contributed by atoms with Crippen molar-refractivity contribution < 1.29 is 4.79 Å². The highest BCUT2D eigenvalue weighted by Crippen LogP contribution is 2.20. The van der Waals surface area contributed by atoms with Crippen LogP contribution in [0.25, 0.3) is 0 Å². The van der Waals surface area contributed by atoms with Crippen LogP contribution in [0.5, 0.6) is 0 Å². The zero-order valence-electron chi connectivity index (χ0n) is 15.3. The molecule has 0 bridgehead atoms. The van der Waals surface area contributed by atoms with Gasteiger partial charge < -0.3 is 15.6 Å². The molecule has 0 aliphatic heterocycles. The van der Waals surface area contributed by atoms with Gasteiger partial charge in [-0.05, 0) is 57.7 Å². The Balaban J connectivity index is 0.00000169. The molecule has 0 saturated heterocycles. The number of carbonyl (C=O) groups excluding carboxylic acids is 1. The number of aryl methyl sites for hydroxylation is 1. The van der Waals surface area contributed by atoms with Crippen molar-refractivity contribution in [2.24, 2.45) is 5.73 Å². The number of aromatic nitrogens is 2. The minimum atomic E-state index is 0. The molecule has 144 valence electrons. The van der Waals surface area contributed by atoms with Gasteiger partial charge in [0.1, 0.15) is 0 Å². The van der Waals surface area contributed by atoms with E-state index in [0.717, 1.165) is 48.3 Å². The van der Waals surface area contributed by atoms with E-state index >= 15 is 0 Å². The number of nitrogens with two attached hydrogens (primary N) is 1. The molecule has 2 heterocycles. The molecule has 0 unspecified atom stereocenters. The molecule has 1 saturated carbocycles. The molecule has 5 nitrogen and oxygen atoms in total. The molecular weight excluding hydrogens is 371 g/mol. The van der Waals surface area contributed by atoms with Crippen molar-refractivity contribution in [2.45, 2.75) is 58.2 Å². The van der Waals surface area contributed by atoms with Crippen LogP contribution in [0.2, 0.25) is 0 Å². The highest BCUT2D eigenvalue weighted by atomic mass is 35.5. The van der Waals surface area contributed by atoms with Crippen LogP contribution in [0.3, 0.4) is 0 Å². The lowest BCUT2D eigenvalue weighted by molar-refractivity contribution is 0.0925. The summed E-state index contributed by atoms with van der Waals surface area (Å²) in [6, 6.07) is 8.41. The Hall–Kier alpha value is -1.56. The predicted molar refractivity (Wildman–Crippen MR) is 109 cm³/mol. The Kier molecular flexibility index (Phi) is 8.60. The maximum absolute atomic E-state index is 12.7. The van der Waals surface area contributed by atoms with E-state index in [1.54, 1.807) is 6.20 Å². The molecule has 0 radical (unpaired) electrons. The zero-order chi connectivity index (χ0) is 17.1. The summed E-state index contributed by atoms with van der Waals surface area (Å²) in [4.78, 5) is 17.0. The van der Waals surface area contributed by atoms with Crippen molar-refractivity contribution in [1.29, 1.82) is 0 Å². The molecule has 1 amide bonds. The number of nitrogens with zero attached hydrogens (tertiary/aromatic N) is 2. The van der Waals surface area contributed by atoms with Crippen LogP contribution in [-0.2, 0) is 6.54 Å². The van der Waals surface area contributed by atoms with Crippen LogP contribution in [-0.4, -0.2) is 27.5 Å². The lowest BCUT2D eigenvalue weighted by atomic mass is 9.91. The zero-order valence-corrected chi connectivity index (χ0v) is 16.9. The van der Waals surface area contributed by atoms with Gasteiger partial charge in [-0.3, -0.25) is 9.78 Å². The molecule has 0 spiro atoms. The Labute approximate surface area is 167 Å². The van der Waals surface area contributed by atoms with Gasteiger partial charge in [0.15, 0.2) is 0 Å². The van der Waals surface area contributed by atoms with Crippen LogP contribution in [0, 0.1) is 13.8 Å². The third-order valence-corrected chi connectivity index (χ3v) is 4.97. The van der Waals surface area contributed by atoms with E-state index in [2.05, 4.69) is 14.9 Å². The van der Waals surface area contributed by atoms with Crippen molar-refractivity contribution in [2.75, 3.05) is 0 Å². The second-order valence-electron chi connectivity index (χ2n) is 6.78. The van der Waals surface area contributed by atoms with Crippen molar-refractivity contribution in [1.82, 2.24) is 14.9 Å². The third kappa shape index (κ3) is 5.22. The predicted octanol–water partition coefficient (Wildman–Crippen LogP) is 3.39. The van der Waals surface area contributed by atoms with Crippen molar-refractivity contribution in [3.8, 4) is 0 Å². The Morgan fingerprint density at radius 1 is 1.23 bits per heavy atom. The number of carbonyl (C=O) groups is 1. The summed E-state index contributed by atoms with van der Waals surface area (Å²) >= 11 is 0.